The summed E-state index contributed by atoms with van der Waals surface area (Å²) in [5, 5.41) is 0. The van der Waals surface area contributed by atoms with E-state index in [2.05, 4.69) is 71.9 Å². The summed E-state index contributed by atoms with van der Waals surface area (Å²) in [5.74, 6) is 0. The molecule has 3 aromatic rings. The van der Waals surface area contributed by atoms with Crippen LogP contribution in [0.4, 0.5) is 5.69 Å². The van der Waals surface area contributed by atoms with Crippen LogP contribution in [-0.2, 0) is 6.42 Å². The maximum atomic E-state index is 4.46. The maximum absolute atomic E-state index is 4.46. The van der Waals surface area contributed by atoms with Gasteiger partial charge in [0.15, 0.2) is 0 Å². The number of hydrogen-bond donors (Lipinski definition) is 0. The summed E-state index contributed by atoms with van der Waals surface area (Å²) in [6.07, 6.45) is 4.88. The summed E-state index contributed by atoms with van der Waals surface area (Å²) >= 11 is 0. The molecule has 2 nitrogen and oxygen atoms in total. The highest BCUT2D eigenvalue weighted by atomic mass is 15.2. The normalized spacial score (nSPS) is 13.7. The van der Waals surface area contributed by atoms with Crippen molar-refractivity contribution in [1.29, 1.82) is 0 Å². The van der Waals surface area contributed by atoms with Gasteiger partial charge in [-0.05, 0) is 30.5 Å². The Hall–Kier alpha value is -2.87. The zero-order valence-corrected chi connectivity index (χ0v) is 13.9. The van der Waals surface area contributed by atoms with Gasteiger partial charge in [-0.15, -0.1) is 0 Å². The molecule has 0 radical (unpaired) electrons. The minimum Gasteiger partial charge on any atom is -0.340 e. The number of aryl methyl sites for hydroxylation is 1. The lowest BCUT2D eigenvalue weighted by Crippen LogP contribution is -2.28. The van der Waals surface area contributed by atoms with Gasteiger partial charge in [0.05, 0.1) is 11.9 Å². The Morgan fingerprint density at radius 2 is 1.79 bits per heavy atom. The molecule has 0 amide bonds. The monoisotopic (exact) mass is 312 g/mol. The molecule has 0 aliphatic carbocycles. The summed E-state index contributed by atoms with van der Waals surface area (Å²) in [6.45, 7) is 7.42. The van der Waals surface area contributed by atoms with E-state index in [1.54, 1.807) is 0 Å². The number of rotatable bonds is 2. The molecule has 2 aromatic carbocycles. The highest BCUT2D eigenvalue weighted by molar-refractivity contribution is 5.82. The number of pyridine rings is 1. The van der Waals surface area contributed by atoms with Crippen LogP contribution in [0, 0.1) is 6.92 Å². The van der Waals surface area contributed by atoms with Gasteiger partial charge >= 0.3 is 0 Å². The van der Waals surface area contributed by atoms with E-state index in [1.165, 1.54) is 22.3 Å². The first-order valence-electron chi connectivity index (χ1n) is 8.29. The number of aromatic nitrogens is 1. The first-order chi connectivity index (χ1) is 11.7. The number of benzene rings is 2. The van der Waals surface area contributed by atoms with Gasteiger partial charge in [0.2, 0.25) is 0 Å². The molecular formula is C22H20N2. The molecule has 2 heterocycles. The first kappa shape index (κ1) is 14.7. The molecule has 0 saturated carbocycles. The smallest absolute Gasteiger partial charge is 0.0603 e. The average Bonchev–Trinajstić information content (AvgIpc) is 2.63. The van der Waals surface area contributed by atoms with Crippen molar-refractivity contribution >= 4 is 11.4 Å². The highest BCUT2D eigenvalue weighted by Crippen LogP contribution is 2.33. The third kappa shape index (κ3) is 2.61. The Bertz CT molecular complexity index is 897. The fourth-order valence-electron chi connectivity index (χ4n) is 3.37. The number of hydrogen-bond acceptors (Lipinski definition) is 2. The summed E-state index contributed by atoms with van der Waals surface area (Å²) in [5.41, 5.74) is 8.43. The molecule has 1 aliphatic heterocycles. The van der Waals surface area contributed by atoms with E-state index in [0.717, 1.165) is 29.9 Å². The molecule has 0 N–H and O–H groups in total. The number of fused-ring (bicyclic) bond motifs is 1. The third-order valence-electron chi connectivity index (χ3n) is 4.64. The second kappa shape index (κ2) is 5.97. The Morgan fingerprint density at radius 1 is 0.958 bits per heavy atom. The predicted octanol–water partition coefficient (Wildman–Crippen LogP) is 5.09. The van der Waals surface area contributed by atoms with Crippen molar-refractivity contribution in [2.75, 3.05) is 11.4 Å². The number of nitrogens with zero attached hydrogens (tertiary/aromatic N) is 2. The van der Waals surface area contributed by atoms with E-state index in [4.69, 9.17) is 0 Å². The average molecular weight is 312 g/mol. The molecule has 2 heteroatoms. The minimum atomic E-state index is 0.940. The van der Waals surface area contributed by atoms with Crippen molar-refractivity contribution in [1.82, 2.24) is 4.98 Å². The quantitative estimate of drug-likeness (QED) is 0.655. The van der Waals surface area contributed by atoms with E-state index < -0.39 is 0 Å². The van der Waals surface area contributed by atoms with Gasteiger partial charge in [-0.2, -0.15) is 0 Å². The summed E-state index contributed by atoms with van der Waals surface area (Å²) < 4.78 is 0. The fourth-order valence-corrected chi connectivity index (χ4v) is 3.37. The van der Waals surface area contributed by atoms with Gasteiger partial charge in [-0.1, -0.05) is 60.7 Å². The Balaban J connectivity index is 1.70. The van der Waals surface area contributed by atoms with Crippen molar-refractivity contribution < 1.29 is 0 Å². The second-order valence-corrected chi connectivity index (χ2v) is 6.31. The Morgan fingerprint density at radius 3 is 2.62 bits per heavy atom. The second-order valence-electron chi connectivity index (χ2n) is 6.31. The van der Waals surface area contributed by atoms with Crippen LogP contribution >= 0.6 is 0 Å². The molecular weight excluding hydrogens is 292 g/mol. The molecule has 0 fully saturated rings. The van der Waals surface area contributed by atoms with Gasteiger partial charge < -0.3 is 4.90 Å². The first-order valence-corrected chi connectivity index (χ1v) is 8.29. The van der Waals surface area contributed by atoms with E-state index >= 15 is 0 Å². The third-order valence-corrected chi connectivity index (χ3v) is 4.64. The van der Waals surface area contributed by atoms with Crippen molar-refractivity contribution in [2.24, 2.45) is 0 Å². The molecule has 1 aliphatic rings. The minimum absolute atomic E-state index is 0.940. The molecule has 24 heavy (non-hydrogen) atoms. The topological polar surface area (TPSA) is 16.1 Å². The van der Waals surface area contributed by atoms with Crippen molar-refractivity contribution in [3.63, 3.8) is 0 Å². The van der Waals surface area contributed by atoms with Crippen LogP contribution in [0.3, 0.4) is 0 Å². The van der Waals surface area contributed by atoms with Crippen LogP contribution in [0.1, 0.15) is 16.7 Å². The molecule has 0 spiro atoms. The largest absolute Gasteiger partial charge is 0.340 e. The maximum Gasteiger partial charge on any atom is 0.0603 e. The molecule has 0 unspecified atom stereocenters. The zero-order chi connectivity index (χ0) is 16.5. The standard InChI is InChI=1S/C22H20N2/c1-16-8-9-22-17(2)24(11-10-19(22)12-16)21-13-20(14-23-15-21)18-6-4-3-5-7-18/h3-9,12-15H,2,10-11H2,1H3. The molecule has 0 atom stereocenters. The van der Waals surface area contributed by atoms with Crippen molar-refractivity contribution in [2.45, 2.75) is 13.3 Å². The van der Waals surface area contributed by atoms with Gasteiger partial charge in [-0.3, -0.25) is 4.98 Å². The van der Waals surface area contributed by atoms with Gasteiger partial charge in [-0.25, -0.2) is 0 Å². The predicted molar refractivity (Wildman–Crippen MR) is 101 cm³/mol. The van der Waals surface area contributed by atoms with Crippen LogP contribution in [-0.4, -0.2) is 11.5 Å². The molecule has 1 aromatic heterocycles. The Labute approximate surface area is 143 Å². The van der Waals surface area contributed by atoms with E-state index in [9.17, 15) is 0 Å². The Kier molecular flexibility index (Phi) is 3.66. The molecule has 4 rings (SSSR count). The zero-order valence-electron chi connectivity index (χ0n) is 13.9. The van der Waals surface area contributed by atoms with Crippen LogP contribution in [0.2, 0.25) is 0 Å². The summed E-state index contributed by atoms with van der Waals surface area (Å²) in [6, 6.07) is 19.2. The lowest BCUT2D eigenvalue weighted by atomic mass is 9.95. The van der Waals surface area contributed by atoms with Crippen LogP contribution < -0.4 is 4.90 Å². The van der Waals surface area contributed by atoms with Crippen LogP contribution in [0.25, 0.3) is 16.8 Å². The molecule has 0 bridgehead atoms. The van der Waals surface area contributed by atoms with Gasteiger partial charge in [0.1, 0.15) is 0 Å². The van der Waals surface area contributed by atoms with Gasteiger partial charge in [0.25, 0.3) is 0 Å². The van der Waals surface area contributed by atoms with Crippen LogP contribution in [0.5, 0.6) is 0 Å². The summed E-state index contributed by atoms with van der Waals surface area (Å²) in [7, 11) is 0. The van der Waals surface area contributed by atoms with Crippen molar-refractivity contribution in [3.8, 4) is 11.1 Å². The highest BCUT2D eigenvalue weighted by Gasteiger charge is 2.21. The summed E-state index contributed by atoms with van der Waals surface area (Å²) in [4.78, 5) is 6.73. The van der Waals surface area contributed by atoms with Crippen LogP contribution in [0.15, 0.2) is 73.6 Å². The fraction of sp³-hybridized carbons (Fsp3) is 0.136. The number of anilines is 1. The van der Waals surface area contributed by atoms with Gasteiger partial charge in [0, 0.05) is 29.6 Å². The lowest BCUT2D eigenvalue weighted by molar-refractivity contribution is 0.881. The van der Waals surface area contributed by atoms with Crippen molar-refractivity contribution in [3.05, 3.63) is 90.3 Å². The van der Waals surface area contributed by atoms with E-state index in [-0.39, 0.29) is 0 Å². The lowest BCUT2D eigenvalue weighted by Gasteiger charge is -2.33. The SMILES string of the molecule is C=C1c2ccc(C)cc2CCN1c1cncc(-c2ccccc2)c1. The molecule has 0 saturated heterocycles. The molecule has 118 valence electrons. The van der Waals surface area contributed by atoms with E-state index in [1.807, 2.05) is 18.5 Å². The van der Waals surface area contributed by atoms with E-state index in [0.29, 0.717) is 0 Å².